The summed E-state index contributed by atoms with van der Waals surface area (Å²) in [7, 11) is 2.70. The number of amides is 2. The zero-order valence-corrected chi connectivity index (χ0v) is 19.7. The number of ether oxygens (including phenoxy) is 4. The molecule has 0 atom stereocenters. The minimum atomic E-state index is -0.656. The van der Waals surface area contributed by atoms with E-state index < -0.39 is 29.6 Å². The van der Waals surface area contributed by atoms with E-state index in [1.807, 2.05) is 22.6 Å². The summed E-state index contributed by atoms with van der Waals surface area (Å²) < 4.78 is 20.9. The van der Waals surface area contributed by atoms with Crippen molar-refractivity contribution < 1.29 is 38.1 Å². The second-order valence-corrected chi connectivity index (χ2v) is 8.36. The molecule has 0 saturated carbocycles. The molecule has 2 rings (SSSR count). The Balaban J connectivity index is 2.22. The highest BCUT2D eigenvalue weighted by molar-refractivity contribution is 14.1. The molecule has 0 aromatic heterocycles. The number of rotatable bonds is 8. The lowest BCUT2D eigenvalue weighted by Crippen LogP contribution is -2.35. The topological polar surface area (TPSA) is 108 Å². The molecule has 0 aliphatic carbocycles. The van der Waals surface area contributed by atoms with Gasteiger partial charge in [-0.25, -0.2) is 4.79 Å². The van der Waals surface area contributed by atoms with Crippen LogP contribution in [-0.2, 0) is 23.9 Å². The zero-order chi connectivity index (χ0) is 22.4. The quantitative estimate of drug-likeness (QED) is 0.275. The summed E-state index contributed by atoms with van der Waals surface area (Å²) in [5, 5.41) is -0.549. The number of hydrogen-bond donors (Lipinski definition) is 0. The third-order valence-electron chi connectivity index (χ3n) is 3.64. The number of thioether (sulfide) groups is 1. The molecule has 11 heteroatoms. The summed E-state index contributed by atoms with van der Waals surface area (Å²) in [5.41, 5.74) is 0.580. The molecule has 0 unspecified atom stereocenters. The molecule has 162 valence electrons. The van der Waals surface area contributed by atoms with Crippen LogP contribution >= 0.6 is 34.4 Å². The van der Waals surface area contributed by atoms with E-state index in [-0.39, 0.29) is 17.6 Å². The van der Waals surface area contributed by atoms with E-state index in [2.05, 4.69) is 4.74 Å². The van der Waals surface area contributed by atoms with Crippen LogP contribution in [-0.4, -0.2) is 61.5 Å². The Morgan fingerprint density at radius 2 is 1.90 bits per heavy atom. The molecule has 0 spiro atoms. The van der Waals surface area contributed by atoms with Crippen LogP contribution < -0.4 is 9.47 Å². The zero-order valence-electron chi connectivity index (χ0n) is 16.7. The van der Waals surface area contributed by atoms with Gasteiger partial charge in [0.15, 0.2) is 18.1 Å². The van der Waals surface area contributed by atoms with E-state index in [0.29, 0.717) is 20.6 Å². The Morgan fingerprint density at radius 1 is 1.20 bits per heavy atom. The lowest BCUT2D eigenvalue weighted by atomic mass is 10.2. The smallest absolute Gasteiger partial charge is 0.343 e. The number of imide groups is 1. The maximum Gasteiger partial charge on any atom is 0.343 e. The second kappa shape index (κ2) is 10.7. The van der Waals surface area contributed by atoms with Crippen LogP contribution in [0.1, 0.15) is 19.4 Å². The fourth-order valence-electron chi connectivity index (χ4n) is 2.37. The SMILES string of the molecule is COC(=O)COc1c(I)cc(/C=C2\SC(=O)N(CC(=O)OC(C)C)C2=O)cc1OC. The first kappa shape index (κ1) is 24.0. The molecular weight excluding hydrogens is 529 g/mol. The van der Waals surface area contributed by atoms with Crippen molar-refractivity contribution in [2.45, 2.75) is 20.0 Å². The van der Waals surface area contributed by atoms with Crippen molar-refractivity contribution in [1.82, 2.24) is 4.90 Å². The molecule has 1 heterocycles. The number of nitrogens with zero attached hydrogens (tertiary/aromatic N) is 1. The van der Waals surface area contributed by atoms with Crippen LogP contribution in [0.4, 0.5) is 4.79 Å². The van der Waals surface area contributed by atoms with Gasteiger partial charge >= 0.3 is 11.9 Å². The molecule has 0 bridgehead atoms. The van der Waals surface area contributed by atoms with E-state index in [9.17, 15) is 19.2 Å². The van der Waals surface area contributed by atoms with Crippen molar-refractivity contribution in [3.63, 3.8) is 0 Å². The Hall–Kier alpha value is -2.28. The van der Waals surface area contributed by atoms with Gasteiger partial charge in [0, 0.05) is 0 Å². The van der Waals surface area contributed by atoms with Crippen molar-refractivity contribution in [2.75, 3.05) is 27.4 Å². The van der Waals surface area contributed by atoms with Crippen LogP contribution in [0.25, 0.3) is 6.08 Å². The second-order valence-electron chi connectivity index (χ2n) is 6.21. The van der Waals surface area contributed by atoms with E-state index in [1.165, 1.54) is 20.3 Å². The summed E-state index contributed by atoms with van der Waals surface area (Å²) in [6.45, 7) is 2.63. The van der Waals surface area contributed by atoms with Crippen LogP contribution in [0.2, 0.25) is 0 Å². The van der Waals surface area contributed by atoms with Gasteiger partial charge in [-0.3, -0.25) is 19.3 Å². The van der Waals surface area contributed by atoms with Gasteiger partial charge < -0.3 is 18.9 Å². The molecule has 1 fully saturated rings. The highest BCUT2D eigenvalue weighted by Crippen LogP contribution is 2.37. The first-order chi connectivity index (χ1) is 14.2. The summed E-state index contributed by atoms with van der Waals surface area (Å²) in [5.74, 6) is -1.08. The molecule has 30 heavy (non-hydrogen) atoms. The fourth-order valence-corrected chi connectivity index (χ4v) is 3.99. The molecule has 1 saturated heterocycles. The number of halogens is 1. The maximum atomic E-state index is 12.6. The van der Waals surface area contributed by atoms with Crippen molar-refractivity contribution in [2.24, 2.45) is 0 Å². The molecule has 0 radical (unpaired) electrons. The van der Waals surface area contributed by atoms with Crippen molar-refractivity contribution in [1.29, 1.82) is 0 Å². The van der Waals surface area contributed by atoms with Crippen molar-refractivity contribution in [3.05, 3.63) is 26.2 Å². The number of methoxy groups -OCH3 is 2. The molecule has 9 nitrogen and oxygen atoms in total. The van der Waals surface area contributed by atoms with E-state index in [0.717, 1.165) is 16.7 Å². The van der Waals surface area contributed by atoms with Crippen LogP contribution in [0.15, 0.2) is 17.0 Å². The Kier molecular flexibility index (Phi) is 8.53. The van der Waals surface area contributed by atoms with Gasteiger partial charge in [-0.15, -0.1) is 0 Å². The molecule has 1 aromatic carbocycles. The molecule has 1 aromatic rings. The van der Waals surface area contributed by atoms with Crippen molar-refractivity contribution >= 4 is 63.5 Å². The van der Waals surface area contributed by atoms with Crippen LogP contribution in [0.5, 0.6) is 11.5 Å². The van der Waals surface area contributed by atoms with Crippen LogP contribution in [0, 0.1) is 3.57 Å². The van der Waals surface area contributed by atoms with Gasteiger partial charge in [-0.1, -0.05) is 0 Å². The standard InChI is InChI=1S/C19H20INO8S/c1-10(2)29-15(22)8-21-18(24)14(30-19(21)25)7-11-5-12(20)17(13(6-11)26-3)28-9-16(23)27-4/h5-7,10H,8-9H2,1-4H3/b14-7-. The predicted molar refractivity (Wildman–Crippen MR) is 117 cm³/mol. The number of esters is 2. The van der Waals surface area contributed by atoms with Gasteiger partial charge in [-0.05, 0) is 72.0 Å². The first-order valence-corrected chi connectivity index (χ1v) is 10.6. The highest BCUT2D eigenvalue weighted by Gasteiger charge is 2.36. The summed E-state index contributed by atoms with van der Waals surface area (Å²) >= 11 is 2.74. The van der Waals surface area contributed by atoms with Gasteiger partial charge in [0.25, 0.3) is 11.1 Å². The average molecular weight is 549 g/mol. The van der Waals surface area contributed by atoms with Gasteiger partial charge in [-0.2, -0.15) is 0 Å². The predicted octanol–water partition coefficient (Wildman–Crippen LogP) is 2.84. The lowest BCUT2D eigenvalue weighted by molar-refractivity contribution is -0.149. The van der Waals surface area contributed by atoms with Gasteiger partial charge in [0.05, 0.1) is 28.8 Å². The minimum absolute atomic E-state index is 0.165. The monoisotopic (exact) mass is 549 g/mol. The molecule has 2 amide bonds. The number of carbonyl (C=O) groups is 4. The fraction of sp³-hybridized carbons (Fsp3) is 0.368. The first-order valence-electron chi connectivity index (χ1n) is 8.68. The third kappa shape index (κ3) is 6.11. The van der Waals surface area contributed by atoms with E-state index in [1.54, 1.807) is 26.0 Å². The van der Waals surface area contributed by atoms with Crippen molar-refractivity contribution in [3.8, 4) is 11.5 Å². The molecule has 0 N–H and O–H groups in total. The van der Waals surface area contributed by atoms with Crippen LogP contribution in [0.3, 0.4) is 0 Å². The molecular formula is C19H20INO8S. The Morgan fingerprint density at radius 3 is 2.50 bits per heavy atom. The maximum absolute atomic E-state index is 12.6. The molecule has 1 aliphatic rings. The van der Waals surface area contributed by atoms with Gasteiger partial charge in [0.1, 0.15) is 6.54 Å². The Bertz CT molecular complexity index is 899. The Labute approximate surface area is 191 Å². The average Bonchev–Trinajstić information content (AvgIpc) is 2.93. The number of carbonyl (C=O) groups excluding carboxylic acids is 4. The minimum Gasteiger partial charge on any atom is -0.493 e. The summed E-state index contributed by atoms with van der Waals surface area (Å²) in [4.78, 5) is 48.8. The number of benzene rings is 1. The number of hydrogen-bond acceptors (Lipinski definition) is 9. The highest BCUT2D eigenvalue weighted by atomic mass is 127. The van der Waals surface area contributed by atoms with E-state index in [4.69, 9.17) is 14.2 Å². The molecule has 1 aliphatic heterocycles. The summed E-state index contributed by atoms with van der Waals surface area (Å²) in [6, 6.07) is 3.31. The largest absolute Gasteiger partial charge is 0.493 e. The van der Waals surface area contributed by atoms with Gasteiger partial charge in [0.2, 0.25) is 0 Å². The summed E-state index contributed by atoms with van der Waals surface area (Å²) in [6.07, 6.45) is 1.18. The van der Waals surface area contributed by atoms with E-state index >= 15 is 0 Å². The normalized spacial score (nSPS) is 15.0. The third-order valence-corrected chi connectivity index (χ3v) is 5.35. The lowest BCUT2D eigenvalue weighted by Gasteiger charge is -2.13.